The number of carbonyl (C=O) groups excluding carboxylic acids is 1. The summed E-state index contributed by atoms with van der Waals surface area (Å²) in [6, 6.07) is 15.4. The molecule has 3 heterocycles. The van der Waals surface area contributed by atoms with Gasteiger partial charge in [-0.1, -0.05) is 29.8 Å². The molecule has 1 atom stereocenters. The number of aromatic nitrogens is 4. The zero-order valence-electron chi connectivity index (χ0n) is 20.6. The molecule has 0 spiro atoms. The Morgan fingerprint density at radius 2 is 2.08 bits per heavy atom. The van der Waals surface area contributed by atoms with E-state index < -0.39 is 5.91 Å². The standard InChI is InChI=1S/C28H27ClFN5O3/c29-23-8-7-21(38-13-10-18-4-3-12-37-17-18)16-22(23)19-9-11-31-25(14-19)33-28(36)27-32-26(34-35-27)15-20-5-1-2-6-24(20)30/h1-2,5-9,11,14,16,18H,3-4,10,12-13,15,17H2,(H,31,33,36)(H,32,34,35). The van der Waals surface area contributed by atoms with E-state index in [1.807, 2.05) is 12.1 Å². The first kappa shape index (κ1) is 25.8. The largest absolute Gasteiger partial charge is 0.494 e. The predicted molar refractivity (Wildman–Crippen MR) is 142 cm³/mol. The van der Waals surface area contributed by atoms with E-state index in [1.165, 1.54) is 12.5 Å². The third-order valence-electron chi connectivity index (χ3n) is 6.36. The van der Waals surface area contributed by atoms with Gasteiger partial charge < -0.3 is 19.8 Å². The van der Waals surface area contributed by atoms with E-state index >= 15 is 0 Å². The number of hydrogen-bond donors (Lipinski definition) is 2. The Kier molecular flexibility index (Phi) is 8.25. The first-order chi connectivity index (χ1) is 18.5. The van der Waals surface area contributed by atoms with Gasteiger partial charge in [-0.05, 0) is 72.7 Å². The highest BCUT2D eigenvalue weighted by atomic mass is 35.5. The average molecular weight is 536 g/mol. The third kappa shape index (κ3) is 6.54. The summed E-state index contributed by atoms with van der Waals surface area (Å²) < 4.78 is 25.5. The van der Waals surface area contributed by atoms with E-state index in [4.69, 9.17) is 21.1 Å². The van der Waals surface area contributed by atoms with Gasteiger partial charge in [-0.25, -0.2) is 9.37 Å². The molecule has 2 N–H and O–H groups in total. The predicted octanol–water partition coefficient (Wildman–Crippen LogP) is 5.70. The van der Waals surface area contributed by atoms with Crippen molar-refractivity contribution in [2.45, 2.75) is 25.7 Å². The molecule has 1 fully saturated rings. The van der Waals surface area contributed by atoms with Crippen molar-refractivity contribution in [3.05, 3.63) is 88.8 Å². The molecular weight excluding hydrogens is 509 g/mol. The normalized spacial score (nSPS) is 15.3. The second-order valence-electron chi connectivity index (χ2n) is 9.13. The zero-order valence-corrected chi connectivity index (χ0v) is 21.4. The molecule has 0 radical (unpaired) electrons. The van der Waals surface area contributed by atoms with Gasteiger partial charge in [0.1, 0.15) is 23.2 Å². The van der Waals surface area contributed by atoms with Crippen molar-refractivity contribution in [2.24, 2.45) is 5.92 Å². The van der Waals surface area contributed by atoms with E-state index in [1.54, 1.807) is 42.6 Å². The average Bonchev–Trinajstić information content (AvgIpc) is 3.40. The van der Waals surface area contributed by atoms with Crippen molar-refractivity contribution in [3.8, 4) is 16.9 Å². The number of amides is 1. The van der Waals surface area contributed by atoms with Crippen molar-refractivity contribution in [2.75, 3.05) is 25.1 Å². The minimum absolute atomic E-state index is 0.000313. The van der Waals surface area contributed by atoms with Crippen LogP contribution in [0.4, 0.5) is 10.2 Å². The molecule has 0 saturated carbocycles. The molecule has 38 heavy (non-hydrogen) atoms. The number of halogens is 2. The lowest BCUT2D eigenvalue weighted by molar-refractivity contribution is 0.0462. The van der Waals surface area contributed by atoms with Gasteiger partial charge in [0.15, 0.2) is 0 Å². The van der Waals surface area contributed by atoms with Crippen LogP contribution in [-0.2, 0) is 11.2 Å². The van der Waals surface area contributed by atoms with Crippen molar-refractivity contribution in [3.63, 3.8) is 0 Å². The van der Waals surface area contributed by atoms with Crippen LogP contribution in [0.2, 0.25) is 5.02 Å². The number of anilines is 1. The van der Waals surface area contributed by atoms with Crippen LogP contribution in [-0.4, -0.2) is 45.9 Å². The summed E-state index contributed by atoms with van der Waals surface area (Å²) in [5, 5.41) is 11.1. The van der Waals surface area contributed by atoms with Crippen LogP contribution in [0.25, 0.3) is 11.1 Å². The highest BCUT2D eigenvalue weighted by molar-refractivity contribution is 6.33. The Labute approximate surface area is 224 Å². The van der Waals surface area contributed by atoms with Crippen LogP contribution < -0.4 is 10.1 Å². The molecular formula is C28H27ClFN5O3. The topological polar surface area (TPSA) is 102 Å². The number of pyridine rings is 1. The minimum Gasteiger partial charge on any atom is -0.494 e. The molecule has 1 aliphatic heterocycles. The van der Waals surface area contributed by atoms with Crippen molar-refractivity contribution >= 4 is 23.3 Å². The second-order valence-corrected chi connectivity index (χ2v) is 9.54. The van der Waals surface area contributed by atoms with Crippen LogP contribution in [0.5, 0.6) is 5.75 Å². The second kappa shape index (κ2) is 12.1. The summed E-state index contributed by atoms with van der Waals surface area (Å²) in [5.74, 6) is 1.08. The van der Waals surface area contributed by atoms with Crippen molar-refractivity contribution < 1.29 is 18.7 Å². The maximum absolute atomic E-state index is 13.9. The molecule has 196 valence electrons. The third-order valence-corrected chi connectivity index (χ3v) is 6.69. The van der Waals surface area contributed by atoms with E-state index in [0.29, 0.717) is 40.5 Å². The molecule has 4 aromatic rings. The molecule has 2 aromatic carbocycles. The van der Waals surface area contributed by atoms with Gasteiger partial charge in [-0.2, -0.15) is 0 Å². The van der Waals surface area contributed by atoms with Crippen LogP contribution in [0, 0.1) is 11.7 Å². The Hall–Kier alpha value is -3.82. The van der Waals surface area contributed by atoms with Crippen molar-refractivity contribution in [1.82, 2.24) is 20.2 Å². The zero-order chi connectivity index (χ0) is 26.3. The Bertz CT molecular complexity index is 1410. The Balaban J connectivity index is 1.23. The highest BCUT2D eigenvalue weighted by Crippen LogP contribution is 2.32. The number of hydrogen-bond acceptors (Lipinski definition) is 6. The van der Waals surface area contributed by atoms with Crippen LogP contribution in [0.15, 0.2) is 60.8 Å². The molecule has 0 aliphatic carbocycles. The molecule has 1 aliphatic rings. The van der Waals surface area contributed by atoms with Gasteiger partial charge in [0.25, 0.3) is 5.91 Å². The molecule has 5 rings (SSSR count). The van der Waals surface area contributed by atoms with Gasteiger partial charge in [-0.15, -0.1) is 10.2 Å². The summed E-state index contributed by atoms with van der Waals surface area (Å²) in [6.45, 7) is 2.24. The van der Waals surface area contributed by atoms with Crippen molar-refractivity contribution in [1.29, 1.82) is 0 Å². The van der Waals surface area contributed by atoms with Gasteiger partial charge in [0.2, 0.25) is 5.82 Å². The lowest BCUT2D eigenvalue weighted by atomic mass is 9.99. The SMILES string of the molecule is O=C(Nc1cc(-c2cc(OCCC3CCCOC3)ccc2Cl)ccn1)c1nnc(Cc2ccccc2F)[nH]1. The fourth-order valence-electron chi connectivity index (χ4n) is 4.34. The fraction of sp³-hybridized carbons (Fsp3) is 0.286. The number of nitrogens with zero attached hydrogens (tertiary/aromatic N) is 3. The van der Waals surface area contributed by atoms with E-state index in [2.05, 4.69) is 25.5 Å². The van der Waals surface area contributed by atoms with Gasteiger partial charge in [0, 0.05) is 36.4 Å². The quantitative estimate of drug-likeness (QED) is 0.285. The molecule has 8 nitrogen and oxygen atoms in total. The Morgan fingerprint density at radius 3 is 2.92 bits per heavy atom. The van der Waals surface area contributed by atoms with Crippen LogP contribution in [0.1, 0.15) is 41.3 Å². The number of benzene rings is 2. The molecule has 1 saturated heterocycles. The van der Waals surface area contributed by atoms with E-state index in [0.717, 1.165) is 37.2 Å². The molecule has 0 bridgehead atoms. The van der Waals surface area contributed by atoms with Crippen LogP contribution >= 0.6 is 11.6 Å². The minimum atomic E-state index is -0.517. The number of rotatable bonds is 9. The van der Waals surface area contributed by atoms with E-state index in [9.17, 15) is 9.18 Å². The molecule has 10 heteroatoms. The number of carbonyl (C=O) groups is 1. The molecule has 2 aromatic heterocycles. The fourth-order valence-corrected chi connectivity index (χ4v) is 4.56. The number of aromatic amines is 1. The summed E-state index contributed by atoms with van der Waals surface area (Å²) in [4.78, 5) is 19.8. The lowest BCUT2D eigenvalue weighted by Crippen LogP contribution is -2.19. The number of H-pyrrole nitrogens is 1. The summed E-state index contributed by atoms with van der Waals surface area (Å²) in [7, 11) is 0. The Morgan fingerprint density at radius 1 is 1.18 bits per heavy atom. The van der Waals surface area contributed by atoms with Gasteiger partial charge in [0.05, 0.1) is 6.61 Å². The van der Waals surface area contributed by atoms with E-state index in [-0.39, 0.29) is 18.1 Å². The summed E-state index contributed by atoms with van der Waals surface area (Å²) >= 11 is 6.49. The number of nitrogens with one attached hydrogen (secondary N) is 2. The highest BCUT2D eigenvalue weighted by Gasteiger charge is 2.16. The van der Waals surface area contributed by atoms with Gasteiger partial charge in [-0.3, -0.25) is 4.79 Å². The summed E-state index contributed by atoms with van der Waals surface area (Å²) in [6.07, 6.45) is 4.98. The van der Waals surface area contributed by atoms with Crippen LogP contribution in [0.3, 0.4) is 0 Å². The maximum Gasteiger partial charge on any atom is 0.294 e. The monoisotopic (exact) mass is 535 g/mol. The number of ether oxygens (including phenoxy) is 2. The summed E-state index contributed by atoms with van der Waals surface area (Å²) in [5.41, 5.74) is 1.98. The first-order valence-electron chi connectivity index (χ1n) is 12.5. The molecule has 1 amide bonds. The maximum atomic E-state index is 13.9. The first-order valence-corrected chi connectivity index (χ1v) is 12.9. The molecule has 1 unspecified atom stereocenters. The lowest BCUT2D eigenvalue weighted by Gasteiger charge is -2.22. The smallest absolute Gasteiger partial charge is 0.294 e. The van der Waals surface area contributed by atoms with Gasteiger partial charge >= 0.3 is 0 Å².